The molecular formula is C17H13Cl2FN4O3S. The summed E-state index contributed by atoms with van der Waals surface area (Å²) in [6.45, 7) is 0. The van der Waals surface area contributed by atoms with Gasteiger partial charge in [0.25, 0.3) is 15.9 Å². The summed E-state index contributed by atoms with van der Waals surface area (Å²) in [6.07, 6.45) is 3.19. The molecule has 0 aliphatic carbocycles. The standard InChI is InChI=1S/C17H13Cl2FN4O3S/c1-24-8-14(21-9-24)10-6-11(16(20)13(19)7-10)17(25)22-23-28(26,27)15-5-3-2-4-12(15)18/h2-9,23H,1H3,(H,22,25). The molecule has 0 spiro atoms. The highest BCUT2D eigenvalue weighted by Gasteiger charge is 2.22. The lowest BCUT2D eigenvalue weighted by Crippen LogP contribution is -2.42. The molecule has 0 fully saturated rings. The number of aromatic nitrogens is 2. The van der Waals surface area contributed by atoms with Crippen molar-refractivity contribution in [1.29, 1.82) is 0 Å². The van der Waals surface area contributed by atoms with E-state index in [4.69, 9.17) is 23.2 Å². The molecule has 3 rings (SSSR count). The normalized spacial score (nSPS) is 11.4. The van der Waals surface area contributed by atoms with Crippen molar-refractivity contribution < 1.29 is 17.6 Å². The first-order valence-electron chi connectivity index (χ1n) is 7.73. The maximum absolute atomic E-state index is 14.3. The van der Waals surface area contributed by atoms with Gasteiger partial charge in [-0.15, -0.1) is 4.83 Å². The molecule has 146 valence electrons. The van der Waals surface area contributed by atoms with Gasteiger partial charge in [-0.2, -0.15) is 0 Å². The molecule has 11 heteroatoms. The van der Waals surface area contributed by atoms with Crippen LogP contribution in [0.1, 0.15) is 10.4 Å². The third-order valence-corrected chi connectivity index (χ3v) is 5.72. The van der Waals surface area contributed by atoms with Crippen LogP contribution in [0.25, 0.3) is 11.3 Å². The molecule has 2 aromatic carbocycles. The molecule has 28 heavy (non-hydrogen) atoms. The average molecular weight is 443 g/mol. The highest BCUT2D eigenvalue weighted by atomic mass is 35.5. The van der Waals surface area contributed by atoms with E-state index in [-0.39, 0.29) is 14.9 Å². The zero-order chi connectivity index (χ0) is 20.5. The van der Waals surface area contributed by atoms with Gasteiger partial charge in [0.1, 0.15) is 4.90 Å². The monoisotopic (exact) mass is 442 g/mol. The summed E-state index contributed by atoms with van der Waals surface area (Å²) in [5.41, 5.74) is 2.37. The second kappa shape index (κ2) is 7.88. The molecule has 0 aliphatic rings. The number of halogens is 3. The maximum atomic E-state index is 14.3. The Morgan fingerprint density at radius 1 is 1.18 bits per heavy atom. The zero-order valence-corrected chi connectivity index (χ0v) is 16.6. The van der Waals surface area contributed by atoms with Crippen molar-refractivity contribution in [2.24, 2.45) is 7.05 Å². The van der Waals surface area contributed by atoms with Crippen LogP contribution in [0, 0.1) is 5.82 Å². The largest absolute Gasteiger partial charge is 0.340 e. The van der Waals surface area contributed by atoms with Crippen LogP contribution in [-0.2, 0) is 17.1 Å². The fraction of sp³-hybridized carbons (Fsp3) is 0.0588. The summed E-state index contributed by atoms with van der Waals surface area (Å²) in [4.78, 5) is 18.1. The molecule has 0 atom stereocenters. The highest BCUT2D eigenvalue weighted by Crippen LogP contribution is 2.27. The quantitative estimate of drug-likeness (QED) is 0.593. The van der Waals surface area contributed by atoms with Gasteiger partial charge in [0.15, 0.2) is 5.82 Å². The minimum atomic E-state index is -4.16. The van der Waals surface area contributed by atoms with Gasteiger partial charge < -0.3 is 4.57 Å². The SMILES string of the molecule is Cn1cnc(-c2cc(Cl)c(F)c(C(=O)NNS(=O)(=O)c3ccccc3Cl)c2)c1. The van der Waals surface area contributed by atoms with E-state index in [9.17, 15) is 17.6 Å². The second-order valence-corrected chi connectivity index (χ2v) is 8.20. The molecule has 0 saturated carbocycles. The number of amides is 1. The van der Waals surface area contributed by atoms with E-state index in [1.165, 1.54) is 36.7 Å². The lowest BCUT2D eigenvalue weighted by Gasteiger charge is -2.11. The molecule has 0 bridgehead atoms. The van der Waals surface area contributed by atoms with E-state index in [1.807, 2.05) is 10.3 Å². The van der Waals surface area contributed by atoms with Gasteiger partial charge in [-0.25, -0.2) is 17.8 Å². The number of hydrogen-bond donors (Lipinski definition) is 2. The van der Waals surface area contributed by atoms with Gasteiger partial charge >= 0.3 is 0 Å². The minimum absolute atomic E-state index is 0.0318. The van der Waals surface area contributed by atoms with Crippen LogP contribution >= 0.6 is 23.2 Å². The Morgan fingerprint density at radius 3 is 2.54 bits per heavy atom. The number of rotatable bonds is 5. The molecule has 7 nitrogen and oxygen atoms in total. The number of benzene rings is 2. The van der Waals surface area contributed by atoms with E-state index in [0.29, 0.717) is 11.3 Å². The summed E-state index contributed by atoms with van der Waals surface area (Å²) in [5.74, 6) is -2.02. The molecule has 1 aromatic heterocycles. The van der Waals surface area contributed by atoms with Crippen LogP contribution in [0.15, 0.2) is 53.8 Å². The summed E-state index contributed by atoms with van der Waals surface area (Å²) in [6, 6.07) is 8.22. The summed E-state index contributed by atoms with van der Waals surface area (Å²) in [5, 5.41) is -0.335. The third-order valence-electron chi connectivity index (χ3n) is 3.70. The molecule has 0 unspecified atom stereocenters. The molecule has 0 saturated heterocycles. The van der Waals surface area contributed by atoms with Crippen molar-refractivity contribution in [2.75, 3.05) is 0 Å². The first-order chi connectivity index (χ1) is 13.2. The number of nitrogens with zero attached hydrogens (tertiary/aromatic N) is 2. The topological polar surface area (TPSA) is 93.1 Å². The van der Waals surface area contributed by atoms with Gasteiger partial charge in [-0.1, -0.05) is 35.3 Å². The number of carbonyl (C=O) groups is 1. The Balaban J connectivity index is 1.87. The van der Waals surface area contributed by atoms with Crippen LogP contribution in [0.2, 0.25) is 10.0 Å². The van der Waals surface area contributed by atoms with Crippen molar-refractivity contribution >= 4 is 39.1 Å². The van der Waals surface area contributed by atoms with Crippen LogP contribution in [0.3, 0.4) is 0 Å². The Labute approximate surface area is 170 Å². The van der Waals surface area contributed by atoms with Crippen molar-refractivity contribution in [2.45, 2.75) is 4.90 Å². The number of carbonyl (C=O) groups excluding carboxylic acids is 1. The van der Waals surface area contributed by atoms with Crippen molar-refractivity contribution in [3.63, 3.8) is 0 Å². The van der Waals surface area contributed by atoms with Crippen molar-refractivity contribution in [1.82, 2.24) is 19.8 Å². The summed E-state index contributed by atoms with van der Waals surface area (Å²) in [7, 11) is -2.41. The van der Waals surface area contributed by atoms with Gasteiger partial charge in [0, 0.05) is 18.8 Å². The minimum Gasteiger partial charge on any atom is -0.340 e. The Morgan fingerprint density at radius 2 is 1.89 bits per heavy atom. The van der Waals surface area contributed by atoms with Gasteiger partial charge in [-0.3, -0.25) is 10.2 Å². The number of nitrogens with one attached hydrogen (secondary N) is 2. The van der Waals surface area contributed by atoms with Gasteiger partial charge in [-0.05, 0) is 24.3 Å². The van der Waals surface area contributed by atoms with E-state index >= 15 is 0 Å². The molecule has 1 heterocycles. The predicted octanol–water partition coefficient (Wildman–Crippen LogP) is 3.16. The summed E-state index contributed by atoms with van der Waals surface area (Å²) < 4.78 is 40.6. The number of aryl methyl sites for hydroxylation is 1. The number of imidazole rings is 1. The highest BCUT2D eigenvalue weighted by molar-refractivity contribution is 7.89. The Kier molecular flexibility index (Phi) is 5.71. The fourth-order valence-electron chi connectivity index (χ4n) is 2.36. The predicted molar refractivity (Wildman–Crippen MR) is 103 cm³/mol. The summed E-state index contributed by atoms with van der Waals surface area (Å²) >= 11 is 11.7. The Bertz CT molecular complexity index is 1160. The van der Waals surface area contributed by atoms with E-state index in [1.54, 1.807) is 23.9 Å². The van der Waals surface area contributed by atoms with Crippen LogP contribution < -0.4 is 10.3 Å². The molecule has 1 amide bonds. The fourth-order valence-corrected chi connectivity index (χ4v) is 3.94. The van der Waals surface area contributed by atoms with E-state index < -0.39 is 27.3 Å². The van der Waals surface area contributed by atoms with Crippen LogP contribution in [0.4, 0.5) is 4.39 Å². The number of hydrogen-bond acceptors (Lipinski definition) is 4. The lowest BCUT2D eigenvalue weighted by molar-refractivity contribution is 0.0941. The molecular weight excluding hydrogens is 430 g/mol. The van der Waals surface area contributed by atoms with Crippen LogP contribution in [0.5, 0.6) is 0 Å². The van der Waals surface area contributed by atoms with E-state index in [0.717, 1.165) is 0 Å². The zero-order valence-electron chi connectivity index (χ0n) is 14.3. The second-order valence-electron chi connectivity index (χ2n) is 5.73. The number of hydrazine groups is 1. The molecule has 0 aliphatic heterocycles. The third kappa shape index (κ3) is 4.17. The average Bonchev–Trinajstić information content (AvgIpc) is 3.08. The number of sulfonamides is 1. The molecule has 0 radical (unpaired) electrons. The first-order valence-corrected chi connectivity index (χ1v) is 9.97. The van der Waals surface area contributed by atoms with Crippen LogP contribution in [-0.4, -0.2) is 23.9 Å². The first kappa shape index (κ1) is 20.3. The van der Waals surface area contributed by atoms with Gasteiger partial charge in [0.05, 0.1) is 27.6 Å². The van der Waals surface area contributed by atoms with E-state index in [2.05, 4.69) is 4.98 Å². The van der Waals surface area contributed by atoms with Crippen molar-refractivity contribution in [3.8, 4) is 11.3 Å². The van der Waals surface area contributed by atoms with Gasteiger partial charge in [0.2, 0.25) is 0 Å². The molecule has 3 aromatic rings. The smallest absolute Gasteiger partial charge is 0.269 e. The maximum Gasteiger partial charge on any atom is 0.269 e. The Hall–Kier alpha value is -2.46. The lowest BCUT2D eigenvalue weighted by atomic mass is 10.1. The molecule has 2 N–H and O–H groups in total. The van der Waals surface area contributed by atoms with Crippen molar-refractivity contribution in [3.05, 3.63) is 70.3 Å².